The highest BCUT2D eigenvalue weighted by atomic mass is 79.9. The number of hydrogen-bond donors (Lipinski definition) is 2. The minimum Gasteiger partial charge on any atom is -0.376 e. The minimum absolute atomic E-state index is 0.0417. The molecule has 0 saturated heterocycles. The standard InChI is InChI=1S/C16H14BrF3N2O/c1-10-4-2-3-5-14(10)22-15(23)9-21-11-6-7-13(17)12(8-11)16(18,19)20/h2-8,21H,9H2,1H3,(H,22,23). The topological polar surface area (TPSA) is 41.1 Å². The summed E-state index contributed by atoms with van der Waals surface area (Å²) in [6, 6.07) is 11.0. The Morgan fingerprint density at radius 2 is 1.87 bits per heavy atom. The smallest absolute Gasteiger partial charge is 0.376 e. The van der Waals surface area contributed by atoms with Gasteiger partial charge in [0.15, 0.2) is 0 Å². The summed E-state index contributed by atoms with van der Waals surface area (Å²) < 4.78 is 38.4. The third-order valence-electron chi connectivity index (χ3n) is 3.14. The predicted molar refractivity (Wildman–Crippen MR) is 87.4 cm³/mol. The van der Waals surface area contributed by atoms with Gasteiger partial charge >= 0.3 is 6.18 Å². The molecular weight excluding hydrogens is 373 g/mol. The van der Waals surface area contributed by atoms with Crippen molar-refractivity contribution in [2.75, 3.05) is 17.2 Å². The first kappa shape index (κ1) is 17.3. The quantitative estimate of drug-likeness (QED) is 0.790. The molecule has 1 amide bonds. The van der Waals surface area contributed by atoms with Gasteiger partial charge in [0.25, 0.3) is 0 Å². The summed E-state index contributed by atoms with van der Waals surface area (Å²) in [7, 11) is 0. The zero-order valence-corrected chi connectivity index (χ0v) is 13.8. The summed E-state index contributed by atoms with van der Waals surface area (Å²) in [5.41, 5.74) is 1.01. The summed E-state index contributed by atoms with van der Waals surface area (Å²) in [5.74, 6) is -0.337. The van der Waals surface area contributed by atoms with Gasteiger partial charge in [-0.3, -0.25) is 4.79 Å². The highest BCUT2D eigenvalue weighted by Gasteiger charge is 2.33. The van der Waals surface area contributed by atoms with E-state index in [1.165, 1.54) is 12.1 Å². The molecule has 0 bridgehead atoms. The molecule has 2 rings (SSSR count). The van der Waals surface area contributed by atoms with Crippen molar-refractivity contribution in [3.8, 4) is 0 Å². The van der Waals surface area contributed by atoms with Gasteiger partial charge < -0.3 is 10.6 Å². The van der Waals surface area contributed by atoms with E-state index >= 15 is 0 Å². The van der Waals surface area contributed by atoms with Crippen LogP contribution >= 0.6 is 15.9 Å². The summed E-state index contributed by atoms with van der Waals surface area (Å²) >= 11 is 2.87. The fraction of sp³-hybridized carbons (Fsp3) is 0.188. The summed E-state index contributed by atoms with van der Waals surface area (Å²) in [6.07, 6.45) is -4.46. The van der Waals surface area contributed by atoms with E-state index in [0.29, 0.717) is 5.69 Å². The van der Waals surface area contributed by atoms with Crippen LogP contribution in [0.15, 0.2) is 46.9 Å². The molecule has 0 atom stereocenters. The molecule has 0 saturated carbocycles. The van der Waals surface area contributed by atoms with Crippen LogP contribution in [-0.4, -0.2) is 12.5 Å². The van der Waals surface area contributed by atoms with Crippen molar-refractivity contribution in [1.29, 1.82) is 0 Å². The van der Waals surface area contributed by atoms with Crippen LogP contribution in [0.4, 0.5) is 24.5 Å². The second-order valence-corrected chi connectivity index (χ2v) is 5.76. The van der Waals surface area contributed by atoms with E-state index in [9.17, 15) is 18.0 Å². The van der Waals surface area contributed by atoms with Gasteiger partial charge in [0.05, 0.1) is 12.1 Å². The number of amides is 1. The van der Waals surface area contributed by atoms with Gasteiger partial charge in [-0.05, 0) is 36.8 Å². The highest BCUT2D eigenvalue weighted by molar-refractivity contribution is 9.10. The van der Waals surface area contributed by atoms with Gasteiger partial charge in [0, 0.05) is 15.8 Å². The molecule has 2 N–H and O–H groups in total. The molecule has 0 aliphatic rings. The summed E-state index contributed by atoms with van der Waals surface area (Å²) in [6.45, 7) is 1.72. The second-order valence-electron chi connectivity index (χ2n) is 4.91. The van der Waals surface area contributed by atoms with Crippen LogP contribution in [0.25, 0.3) is 0 Å². The number of halogens is 4. The van der Waals surface area contributed by atoms with E-state index in [-0.39, 0.29) is 22.6 Å². The fourth-order valence-electron chi connectivity index (χ4n) is 1.94. The van der Waals surface area contributed by atoms with Crippen molar-refractivity contribution >= 4 is 33.2 Å². The molecule has 0 aliphatic heterocycles. The molecule has 0 spiro atoms. The van der Waals surface area contributed by atoms with E-state index in [0.717, 1.165) is 11.6 Å². The summed E-state index contributed by atoms with van der Waals surface area (Å²) in [4.78, 5) is 11.9. The molecule has 23 heavy (non-hydrogen) atoms. The number of alkyl halides is 3. The number of carbonyl (C=O) groups is 1. The van der Waals surface area contributed by atoms with Gasteiger partial charge in [-0.2, -0.15) is 13.2 Å². The fourth-order valence-corrected chi connectivity index (χ4v) is 2.41. The van der Waals surface area contributed by atoms with Crippen LogP contribution in [0.3, 0.4) is 0 Å². The van der Waals surface area contributed by atoms with Crippen LogP contribution in [0.1, 0.15) is 11.1 Å². The Kier molecular flexibility index (Phi) is 5.30. The first-order chi connectivity index (χ1) is 10.8. The van der Waals surface area contributed by atoms with Gasteiger partial charge in [-0.25, -0.2) is 0 Å². The number of para-hydroxylation sites is 1. The third-order valence-corrected chi connectivity index (χ3v) is 3.84. The van der Waals surface area contributed by atoms with Crippen molar-refractivity contribution < 1.29 is 18.0 Å². The van der Waals surface area contributed by atoms with Crippen LogP contribution < -0.4 is 10.6 Å². The van der Waals surface area contributed by atoms with Gasteiger partial charge in [0.2, 0.25) is 5.91 Å². The molecule has 0 unspecified atom stereocenters. The molecule has 0 aromatic heterocycles. The lowest BCUT2D eigenvalue weighted by molar-refractivity contribution is -0.138. The molecule has 2 aromatic carbocycles. The van der Waals surface area contributed by atoms with Crippen molar-refractivity contribution in [3.63, 3.8) is 0 Å². The molecule has 122 valence electrons. The lowest BCUT2D eigenvalue weighted by Crippen LogP contribution is -2.22. The number of nitrogens with one attached hydrogen (secondary N) is 2. The monoisotopic (exact) mass is 386 g/mol. The van der Waals surface area contributed by atoms with E-state index in [1.54, 1.807) is 12.1 Å². The normalized spacial score (nSPS) is 11.2. The number of anilines is 2. The third kappa shape index (κ3) is 4.72. The van der Waals surface area contributed by atoms with Crippen LogP contribution in [0.5, 0.6) is 0 Å². The average Bonchev–Trinajstić information content (AvgIpc) is 2.47. The van der Waals surface area contributed by atoms with Gasteiger partial charge in [-0.1, -0.05) is 34.1 Å². The molecule has 7 heteroatoms. The summed E-state index contributed by atoms with van der Waals surface area (Å²) in [5, 5.41) is 5.39. The van der Waals surface area contributed by atoms with Gasteiger partial charge in [0.1, 0.15) is 0 Å². The van der Waals surface area contributed by atoms with E-state index in [1.807, 2.05) is 19.1 Å². The Morgan fingerprint density at radius 3 is 2.52 bits per heavy atom. The number of aryl methyl sites for hydroxylation is 1. The number of benzene rings is 2. The molecule has 0 heterocycles. The maximum atomic E-state index is 12.8. The van der Waals surface area contributed by atoms with Crippen molar-refractivity contribution in [1.82, 2.24) is 0 Å². The number of hydrogen-bond acceptors (Lipinski definition) is 2. The highest BCUT2D eigenvalue weighted by Crippen LogP contribution is 2.36. The molecule has 0 radical (unpaired) electrons. The Balaban J connectivity index is 2.01. The Hall–Kier alpha value is -2.02. The number of carbonyl (C=O) groups excluding carboxylic acids is 1. The lowest BCUT2D eigenvalue weighted by Gasteiger charge is -2.13. The maximum absolute atomic E-state index is 12.8. The zero-order valence-electron chi connectivity index (χ0n) is 12.2. The SMILES string of the molecule is Cc1ccccc1NC(=O)CNc1ccc(Br)c(C(F)(F)F)c1. The Bertz CT molecular complexity index is 717. The van der Waals surface area contributed by atoms with Crippen LogP contribution in [0, 0.1) is 6.92 Å². The first-order valence-corrected chi connectivity index (χ1v) is 7.53. The van der Waals surface area contributed by atoms with Crippen molar-refractivity contribution in [2.24, 2.45) is 0 Å². The molecule has 0 fully saturated rings. The maximum Gasteiger partial charge on any atom is 0.417 e. The number of rotatable bonds is 4. The molecule has 2 aromatic rings. The minimum atomic E-state index is -4.46. The predicted octanol–water partition coefficient (Wildman–Crippen LogP) is 4.83. The van der Waals surface area contributed by atoms with Gasteiger partial charge in [-0.15, -0.1) is 0 Å². The van der Waals surface area contributed by atoms with E-state index < -0.39 is 11.7 Å². The average molecular weight is 387 g/mol. The van der Waals surface area contributed by atoms with Crippen LogP contribution in [-0.2, 0) is 11.0 Å². The van der Waals surface area contributed by atoms with Crippen LogP contribution in [0.2, 0.25) is 0 Å². The Labute approximate surface area is 140 Å². The lowest BCUT2D eigenvalue weighted by atomic mass is 10.2. The zero-order chi connectivity index (χ0) is 17.0. The first-order valence-electron chi connectivity index (χ1n) is 6.73. The van der Waals surface area contributed by atoms with E-state index in [2.05, 4.69) is 26.6 Å². The molecule has 0 aliphatic carbocycles. The molecular formula is C16H14BrF3N2O. The second kappa shape index (κ2) is 7.04. The van der Waals surface area contributed by atoms with E-state index in [4.69, 9.17) is 0 Å². The largest absolute Gasteiger partial charge is 0.417 e. The Morgan fingerprint density at radius 1 is 1.17 bits per heavy atom. The molecule has 3 nitrogen and oxygen atoms in total. The van der Waals surface area contributed by atoms with Crippen molar-refractivity contribution in [3.05, 3.63) is 58.1 Å². The van der Waals surface area contributed by atoms with Crippen molar-refractivity contribution in [2.45, 2.75) is 13.1 Å².